The Hall–Kier alpha value is -2.47. The van der Waals surface area contributed by atoms with Crippen molar-refractivity contribution < 1.29 is 14.2 Å². The van der Waals surface area contributed by atoms with E-state index < -0.39 is 0 Å². The molecule has 2 aromatic rings. The van der Waals surface area contributed by atoms with Gasteiger partial charge in [0.1, 0.15) is 18.2 Å². The van der Waals surface area contributed by atoms with Crippen molar-refractivity contribution >= 4 is 23.5 Å². The molecule has 0 saturated carbocycles. The summed E-state index contributed by atoms with van der Waals surface area (Å²) in [4.78, 5) is 0. The summed E-state index contributed by atoms with van der Waals surface area (Å²) < 4.78 is 19.3. The molecule has 0 aliphatic carbocycles. The van der Waals surface area contributed by atoms with E-state index in [1.807, 2.05) is 24.3 Å². The van der Waals surface area contributed by atoms with Crippen LogP contribution in [-0.4, -0.2) is 18.4 Å². The summed E-state index contributed by atoms with van der Waals surface area (Å²) in [5.41, 5.74) is 4.13. The van der Waals surface area contributed by atoms with Crippen molar-refractivity contribution in [3.63, 3.8) is 0 Å². The number of hydrogen-bond donors (Lipinski definition) is 3. The fourth-order valence-corrected chi connectivity index (χ4v) is 1.80. The minimum Gasteiger partial charge on any atom is -0.488 e. The van der Waals surface area contributed by atoms with Gasteiger partial charge in [0.15, 0.2) is 0 Å². The third kappa shape index (κ3) is 4.53. The number of nitrogens with one attached hydrogen (secondary N) is 3. The van der Waals surface area contributed by atoms with Crippen LogP contribution < -0.4 is 20.6 Å². The highest BCUT2D eigenvalue weighted by molar-refractivity contribution is 7.80. The Bertz CT molecular complexity index is 676. The molecule has 0 saturated heterocycles. The minimum atomic E-state index is -0.275. The Labute approximate surface area is 134 Å². The van der Waals surface area contributed by atoms with E-state index in [-0.39, 0.29) is 12.4 Å². The first-order chi connectivity index (χ1) is 10.7. The molecule has 0 atom stereocenters. The molecule has 2 rings (SSSR count). The lowest BCUT2D eigenvalue weighted by atomic mass is 10.2. The number of para-hydroxylation sites is 1. The molecule has 114 valence electrons. The molecular weight excluding hydrogens is 301 g/mol. The van der Waals surface area contributed by atoms with Gasteiger partial charge < -0.3 is 10.1 Å². The summed E-state index contributed by atoms with van der Waals surface area (Å²) in [6.45, 7) is 0.167. The van der Waals surface area contributed by atoms with Crippen molar-refractivity contribution in [3.05, 3.63) is 65.5 Å². The van der Waals surface area contributed by atoms with Crippen molar-refractivity contribution in [1.29, 1.82) is 0 Å². The fraction of sp³-hybridized carbons (Fsp3) is 0.125. The molecule has 0 bridgehead atoms. The number of halogens is 1. The first kappa shape index (κ1) is 15.9. The van der Waals surface area contributed by atoms with Gasteiger partial charge in [0.2, 0.25) is 11.3 Å². The number of thiocarbonyl (C=S) groups is 1. The highest BCUT2D eigenvalue weighted by atomic mass is 32.1. The average Bonchev–Trinajstić information content (AvgIpc) is 2.55. The number of benzene rings is 2. The molecule has 3 N–H and O–H groups in total. The number of hydrazone groups is 1. The van der Waals surface area contributed by atoms with E-state index in [4.69, 9.17) is 17.0 Å². The molecule has 4 nitrogen and oxygen atoms in total. The Morgan fingerprint density at radius 1 is 1.23 bits per heavy atom. The zero-order valence-corrected chi connectivity index (χ0v) is 12.9. The molecule has 0 aliphatic heterocycles. The predicted molar refractivity (Wildman–Crippen MR) is 88.1 cm³/mol. The fourth-order valence-electron chi connectivity index (χ4n) is 1.74. The molecule has 2 aromatic carbocycles. The highest BCUT2D eigenvalue weighted by Crippen LogP contribution is 2.17. The first-order valence-corrected chi connectivity index (χ1v) is 7.13. The van der Waals surface area contributed by atoms with Crippen molar-refractivity contribution in [1.82, 2.24) is 10.7 Å². The zero-order chi connectivity index (χ0) is 15.8. The monoisotopic (exact) mass is 318 g/mol. The molecule has 6 heteroatoms. The molecule has 0 amide bonds. The van der Waals surface area contributed by atoms with E-state index in [9.17, 15) is 4.39 Å². The van der Waals surface area contributed by atoms with E-state index in [1.54, 1.807) is 31.5 Å². The van der Waals surface area contributed by atoms with Crippen LogP contribution >= 0.6 is 12.2 Å². The average molecular weight is 318 g/mol. The maximum Gasteiger partial charge on any atom is 0.223 e. The standard InChI is InChI=1S/C16H16FN3OS/c1-18-16(22)20-19-10-12-6-3-5-9-15(12)21-11-13-7-2-4-8-14(13)17/h2-10H,11H2,1H3,(H2,18,20,22)/p+1. The number of rotatable bonds is 5. The maximum absolute atomic E-state index is 13.6. The van der Waals surface area contributed by atoms with Gasteiger partial charge in [-0.2, -0.15) is 0 Å². The molecule has 0 aliphatic rings. The molecule has 0 radical (unpaired) electrons. The van der Waals surface area contributed by atoms with Crippen molar-refractivity contribution in [3.8, 4) is 5.75 Å². The van der Waals surface area contributed by atoms with Gasteiger partial charge in [0, 0.05) is 12.6 Å². The normalized spacial score (nSPS) is 10.5. The van der Waals surface area contributed by atoms with Crippen molar-refractivity contribution in [2.75, 3.05) is 7.05 Å². The van der Waals surface area contributed by atoms with Crippen LogP contribution in [0.15, 0.2) is 48.5 Å². The maximum atomic E-state index is 13.6. The second-order valence-electron chi connectivity index (χ2n) is 4.41. The third-order valence-corrected chi connectivity index (χ3v) is 3.21. The summed E-state index contributed by atoms with van der Waals surface area (Å²) in [5.74, 6) is 0.374. The molecule has 0 heterocycles. The molecule has 0 spiro atoms. The third-order valence-electron chi connectivity index (χ3n) is 2.90. The van der Waals surface area contributed by atoms with Gasteiger partial charge in [-0.05, 0) is 30.4 Å². The van der Waals surface area contributed by atoms with Crippen LogP contribution in [0.4, 0.5) is 4.39 Å². The van der Waals surface area contributed by atoms with E-state index in [2.05, 4.69) is 15.8 Å². The van der Waals surface area contributed by atoms with Crippen LogP contribution in [0.5, 0.6) is 5.75 Å². The molecule has 0 fully saturated rings. The van der Waals surface area contributed by atoms with Crippen LogP contribution in [0.25, 0.3) is 0 Å². The smallest absolute Gasteiger partial charge is 0.223 e. The summed E-state index contributed by atoms with van der Waals surface area (Å²) in [6.07, 6.45) is 1.72. The van der Waals surface area contributed by atoms with E-state index in [0.717, 1.165) is 5.56 Å². The van der Waals surface area contributed by atoms with Crippen LogP contribution in [0.2, 0.25) is 0 Å². The Kier molecular flexibility index (Phi) is 5.85. The summed E-state index contributed by atoms with van der Waals surface area (Å²) in [6, 6.07) is 14.0. The van der Waals surface area contributed by atoms with Crippen molar-refractivity contribution in [2.45, 2.75) is 6.61 Å². The summed E-state index contributed by atoms with van der Waals surface area (Å²) in [7, 11) is 1.72. The van der Waals surface area contributed by atoms with E-state index >= 15 is 0 Å². The van der Waals surface area contributed by atoms with Gasteiger partial charge in [-0.3, -0.25) is 0 Å². The quantitative estimate of drug-likeness (QED) is 0.436. The molecule has 22 heavy (non-hydrogen) atoms. The van der Waals surface area contributed by atoms with Crippen LogP contribution in [0.1, 0.15) is 11.1 Å². The van der Waals surface area contributed by atoms with Gasteiger partial charge >= 0.3 is 0 Å². The Morgan fingerprint density at radius 2 is 1.95 bits per heavy atom. The van der Waals surface area contributed by atoms with Gasteiger partial charge in [-0.15, -0.1) is 10.5 Å². The lowest BCUT2D eigenvalue weighted by Gasteiger charge is -2.08. The minimum absolute atomic E-state index is 0.167. The SMILES string of the molecule is CNC(=S)N[NH+]=Cc1ccccc1OCc1ccccc1F. The lowest BCUT2D eigenvalue weighted by molar-refractivity contribution is -0.500. The van der Waals surface area contributed by atoms with Crippen LogP contribution in [-0.2, 0) is 6.61 Å². The molecular formula is C16H17FN3OS+. The summed E-state index contributed by atoms with van der Waals surface area (Å²) in [5, 5.41) is 6.13. The Morgan fingerprint density at radius 3 is 2.73 bits per heavy atom. The molecule has 0 aromatic heterocycles. The largest absolute Gasteiger partial charge is 0.488 e. The lowest BCUT2D eigenvalue weighted by Crippen LogP contribution is -2.82. The first-order valence-electron chi connectivity index (χ1n) is 6.72. The van der Waals surface area contributed by atoms with E-state index in [0.29, 0.717) is 16.4 Å². The van der Waals surface area contributed by atoms with Gasteiger partial charge in [0.25, 0.3) is 0 Å². The molecule has 0 unspecified atom stereocenters. The van der Waals surface area contributed by atoms with Gasteiger partial charge in [-0.1, -0.05) is 30.3 Å². The van der Waals surface area contributed by atoms with Gasteiger partial charge in [0.05, 0.1) is 5.56 Å². The predicted octanol–water partition coefficient (Wildman–Crippen LogP) is 0.913. The second-order valence-corrected chi connectivity index (χ2v) is 4.82. The zero-order valence-electron chi connectivity index (χ0n) is 12.1. The topological polar surface area (TPSA) is 47.3 Å². The van der Waals surface area contributed by atoms with Gasteiger partial charge in [-0.25, -0.2) is 4.39 Å². The van der Waals surface area contributed by atoms with Crippen LogP contribution in [0, 0.1) is 5.82 Å². The van der Waals surface area contributed by atoms with Crippen molar-refractivity contribution in [2.24, 2.45) is 0 Å². The second kappa shape index (κ2) is 8.09. The number of hydrogen-bond acceptors (Lipinski definition) is 2. The van der Waals surface area contributed by atoms with E-state index in [1.165, 1.54) is 6.07 Å². The highest BCUT2D eigenvalue weighted by Gasteiger charge is 2.06. The Balaban J connectivity index is 2.05. The van der Waals surface area contributed by atoms with Crippen LogP contribution in [0.3, 0.4) is 0 Å². The number of hydrazine groups is 1. The summed E-state index contributed by atoms with van der Waals surface area (Å²) >= 11 is 4.96. The number of ether oxygens (including phenoxy) is 1.